The first-order chi connectivity index (χ1) is 13.4. The van der Waals surface area contributed by atoms with Crippen LogP contribution in [-0.2, 0) is 28.7 Å². The molecule has 2 fully saturated rings. The molecule has 0 amide bonds. The molecule has 8 nitrogen and oxygen atoms in total. The number of hydrogen-bond acceptors (Lipinski definition) is 8. The molecule has 0 aliphatic carbocycles. The van der Waals surface area contributed by atoms with Crippen LogP contribution in [0.1, 0.15) is 64.2 Å². The maximum atomic E-state index is 11.4. The predicted octanol–water partition coefficient (Wildman–Crippen LogP) is 2.76. The fourth-order valence-electron chi connectivity index (χ4n) is 3.23. The third-order valence-electron chi connectivity index (χ3n) is 4.79. The van der Waals surface area contributed by atoms with Gasteiger partial charge in [0.25, 0.3) is 0 Å². The Morgan fingerprint density at radius 2 is 0.929 bits per heavy atom. The summed E-state index contributed by atoms with van der Waals surface area (Å²) in [6, 6.07) is 0. The lowest BCUT2D eigenvalue weighted by Gasteiger charge is -2.04. The molecule has 28 heavy (non-hydrogen) atoms. The number of carbonyl (C=O) groups is 4. The zero-order valence-corrected chi connectivity index (χ0v) is 15.8. The molecule has 2 aliphatic heterocycles. The summed E-state index contributed by atoms with van der Waals surface area (Å²) in [5.41, 5.74) is -0.406. The Morgan fingerprint density at radius 1 is 0.607 bits per heavy atom. The van der Waals surface area contributed by atoms with Gasteiger partial charge in [-0.1, -0.05) is 38.5 Å². The molecule has 0 aromatic heterocycles. The minimum Gasteiger partial charge on any atom is -0.511 e. The lowest BCUT2D eigenvalue weighted by Crippen LogP contribution is -2.05. The largest absolute Gasteiger partial charge is 0.511 e. The van der Waals surface area contributed by atoms with E-state index < -0.39 is 23.5 Å². The number of rotatable bonds is 11. The maximum absolute atomic E-state index is 11.4. The van der Waals surface area contributed by atoms with Crippen molar-refractivity contribution < 1.29 is 38.9 Å². The van der Waals surface area contributed by atoms with Crippen LogP contribution in [-0.4, -0.2) is 46.9 Å². The van der Waals surface area contributed by atoms with Crippen LogP contribution in [0.2, 0.25) is 0 Å². The normalized spacial score (nSPS) is 20.4. The first-order valence-corrected chi connectivity index (χ1v) is 9.66. The van der Waals surface area contributed by atoms with Crippen LogP contribution in [0.5, 0.6) is 0 Å². The third kappa shape index (κ3) is 5.94. The summed E-state index contributed by atoms with van der Waals surface area (Å²) in [5, 5.41) is 19.7. The van der Waals surface area contributed by atoms with Gasteiger partial charge >= 0.3 is 11.9 Å². The number of aliphatic hydroxyl groups is 2. The van der Waals surface area contributed by atoms with Crippen molar-refractivity contribution in [3.05, 3.63) is 22.7 Å². The van der Waals surface area contributed by atoms with Gasteiger partial charge in [0.1, 0.15) is 22.7 Å². The number of unbranched alkanes of at least 4 members (excludes halogenated alkanes) is 7. The van der Waals surface area contributed by atoms with Gasteiger partial charge in [0.15, 0.2) is 13.2 Å². The highest BCUT2D eigenvalue weighted by Crippen LogP contribution is 2.20. The second kappa shape index (κ2) is 10.6. The van der Waals surface area contributed by atoms with Crippen LogP contribution >= 0.6 is 0 Å². The van der Waals surface area contributed by atoms with Gasteiger partial charge in [0, 0.05) is 12.8 Å². The number of Topliss-reactive ketones (excluding diaryl/α,β-unsaturated/α-hetero) is 2. The summed E-state index contributed by atoms with van der Waals surface area (Å²) in [6.45, 7) is -0.568. The van der Waals surface area contributed by atoms with Gasteiger partial charge in [-0.15, -0.1) is 0 Å². The lowest BCUT2D eigenvalue weighted by molar-refractivity contribution is -0.136. The standard InChI is InChI=1S/C20H26O8/c21-13(17-15(23)11-27-19(17)25)9-7-5-3-1-2-4-6-8-10-14(22)18-16(24)12-28-20(18)26/h21-22H,1-12H2/b17-13+,18-14+. The van der Waals surface area contributed by atoms with E-state index in [4.69, 9.17) is 0 Å². The molecule has 0 bridgehead atoms. The fourth-order valence-corrected chi connectivity index (χ4v) is 3.23. The van der Waals surface area contributed by atoms with E-state index in [-0.39, 0.29) is 35.9 Å². The first kappa shape index (κ1) is 21.7. The number of esters is 2. The van der Waals surface area contributed by atoms with E-state index in [0.717, 1.165) is 38.5 Å². The van der Waals surface area contributed by atoms with Crippen LogP contribution < -0.4 is 0 Å². The fraction of sp³-hybridized carbons (Fsp3) is 0.600. The molecule has 2 rings (SSSR count). The average molecular weight is 394 g/mol. The van der Waals surface area contributed by atoms with Gasteiger partial charge in [-0.2, -0.15) is 0 Å². The molecule has 0 spiro atoms. The SMILES string of the molecule is O=C1COC(=O)/C1=C(/O)CCCCCCCCCC/C(O)=C1/C(=O)COC1=O. The summed E-state index contributed by atoms with van der Waals surface area (Å²) in [4.78, 5) is 45.5. The molecule has 2 aliphatic rings. The zero-order chi connectivity index (χ0) is 20.5. The van der Waals surface area contributed by atoms with E-state index in [1.165, 1.54) is 0 Å². The molecule has 0 atom stereocenters. The Balaban J connectivity index is 1.50. The highest BCUT2D eigenvalue weighted by Gasteiger charge is 2.32. The highest BCUT2D eigenvalue weighted by molar-refractivity contribution is 6.22. The second-order valence-corrected chi connectivity index (χ2v) is 6.97. The number of hydrogen-bond donors (Lipinski definition) is 2. The molecule has 2 saturated heterocycles. The van der Waals surface area contributed by atoms with Gasteiger partial charge in [0.2, 0.25) is 11.6 Å². The quantitative estimate of drug-likeness (QED) is 0.180. The number of ether oxygens (including phenoxy) is 2. The summed E-state index contributed by atoms with van der Waals surface area (Å²) in [7, 11) is 0. The molecule has 0 aromatic carbocycles. The molecular weight excluding hydrogens is 368 g/mol. The van der Waals surface area contributed by atoms with Gasteiger partial charge in [-0.3, -0.25) is 9.59 Å². The van der Waals surface area contributed by atoms with Crippen molar-refractivity contribution in [1.29, 1.82) is 0 Å². The lowest BCUT2D eigenvalue weighted by atomic mass is 10.0. The summed E-state index contributed by atoms with van der Waals surface area (Å²) in [5.74, 6) is -2.74. The molecule has 8 heteroatoms. The van der Waals surface area contributed by atoms with E-state index in [0.29, 0.717) is 25.7 Å². The number of cyclic esters (lactones) is 2. The third-order valence-corrected chi connectivity index (χ3v) is 4.79. The Morgan fingerprint density at radius 3 is 1.21 bits per heavy atom. The molecule has 0 radical (unpaired) electrons. The molecular formula is C20H26O8. The van der Waals surface area contributed by atoms with Crippen LogP contribution in [0.15, 0.2) is 22.7 Å². The van der Waals surface area contributed by atoms with Crippen LogP contribution in [0, 0.1) is 0 Å². The van der Waals surface area contributed by atoms with Gasteiger partial charge in [0.05, 0.1) is 0 Å². The Hall–Kier alpha value is -2.64. The summed E-state index contributed by atoms with van der Waals surface area (Å²) < 4.78 is 9.16. The monoisotopic (exact) mass is 394 g/mol. The van der Waals surface area contributed by atoms with Crippen LogP contribution in [0.25, 0.3) is 0 Å². The van der Waals surface area contributed by atoms with Crippen molar-refractivity contribution in [2.45, 2.75) is 64.2 Å². The number of aliphatic hydroxyl groups excluding tert-OH is 2. The second-order valence-electron chi connectivity index (χ2n) is 6.97. The Bertz CT molecular complexity index is 605. The van der Waals surface area contributed by atoms with E-state index in [1.54, 1.807) is 0 Å². The van der Waals surface area contributed by atoms with E-state index >= 15 is 0 Å². The Kier molecular flexibility index (Phi) is 8.22. The molecule has 0 saturated carbocycles. The average Bonchev–Trinajstić information content (AvgIpc) is 3.17. The molecule has 0 aromatic rings. The topological polar surface area (TPSA) is 127 Å². The number of ketones is 2. The highest BCUT2D eigenvalue weighted by atomic mass is 16.5. The van der Waals surface area contributed by atoms with E-state index in [9.17, 15) is 29.4 Å². The molecule has 154 valence electrons. The van der Waals surface area contributed by atoms with Crippen molar-refractivity contribution in [3.8, 4) is 0 Å². The van der Waals surface area contributed by atoms with Gasteiger partial charge in [-0.05, 0) is 12.8 Å². The first-order valence-electron chi connectivity index (χ1n) is 9.66. The van der Waals surface area contributed by atoms with Crippen LogP contribution in [0.4, 0.5) is 0 Å². The number of allylic oxidation sites excluding steroid dienone is 2. The van der Waals surface area contributed by atoms with Crippen molar-refractivity contribution in [3.63, 3.8) is 0 Å². The van der Waals surface area contributed by atoms with Crippen molar-refractivity contribution in [2.75, 3.05) is 13.2 Å². The minimum atomic E-state index is -0.738. The molecule has 0 unspecified atom stereocenters. The maximum Gasteiger partial charge on any atom is 0.345 e. The van der Waals surface area contributed by atoms with E-state index in [2.05, 4.69) is 9.47 Å². The Labute approximate surface area is 163 Å². The minimum absolute atomic E-state index is 0.175. The van der Waals surface area contributed by atoms with Crippen LogP contribution in [0.3, 0.4) is 0 Å². The van der Waals surface area contributed by atoms with Crippen molar-refractivity contribution in [1.82, 2.24) is 0 Å². The molecule has 2 N–H and O–H groups in total. The zero-order valence-electron chi connectivity index (χ0n) is 15.8. The van der Waals surface area contributed by atoms with Gasteiger partial charge in [-0.25, -0.2) is 9.59 Å². The summed E-state index contributed by atoms with van der Waals surface area (Å²) in [6.07, 6.45) is 7.77. The van der Waals surface area contributed by atoms with Crippen molar-refractivity contribution >= 4 is 23.5 Å². The molecule has 2 heterocycles. The predicted molar refractivity (Wildman–Crippen MR) is 97.4 cm³/mol. The van der Waals surface area contributed by atoms with Crippen molar-refractivity contribution in [2.24, 2.45) is 0 Å². The summed E-state index contributed by atoms with van der Waals surface area (Å²) >= 11 is 0. The van der Waals surface area contributed by atoms with E-state index in [1.807, 2.05) is 0 Å². The van der Waals surface area contributed by atoms with Gasteiger partial charge < -0.3 is 19.7 Å². The smallest absolute Gasteiger partial charge is 0.345 e. The number of carbonyl (C=O) groups excluding carboxylic acids is 4.